The van der Waals surface area contributed by atoms with Crippen LogP contribution < -0.4 is 16.4 Å². The van der Waals surface area contributed by atoms with E-state index in [0.29, 0.717) is 22.5 Å². The van der Waals surface area contributed by atoms with Crippen molar-refractivity contribution in [3.05, 3.63) is 108 Å². The summed E-state index contributed by atoms with van der Waals surface area (Å²) in [6, 6.07) is 25.8. The molecule has 0 aliphatic carbocycles. The van der Waals surface area contributed by atoms with Crippen molar-refractivity contribution in [1.82, 2.24) is 0 Å². The van der Waals surface area contributed by atoms with E-state index in [4.69, 9.17) is 5.73 Å². The van der Waals surface area contributed by atoms with Gasteiger partial charge in [0, 0.05) is 28.1 Å². The number of thiol groups is 1. The third-order valence-electron chi connectivity index (χ3n) is 5.38. The molecule has 1 atom stereocenters. The summed E-state index contributed by atoms with van der Waals surface area (Å²) in [5.74, 6) is -0.863. The van der Waals surface area contributed by atoms with Gasteiger partial charge in [0.1, 0.15) is 0 Å². The van der Waals surface area contributed by atoms with Gasteiger partial charge in [-0.15, -0.1) is 12.4 Å². The zero-order valence-corrected chi connectivity index (χ0v) is 20.3. The normalized spacial score (nSPS) is 11.3. The van der Waals surface area contributed by atoms with E-state index in [1.165, 1.54) is 6.07 Å². The van der Waals surface area contributed by atoms with E-state index in [0.717, 1.165) is 10.8 Å². The molecular weight excluding hydrogens is 482 g/mol. The second kappa shape index (κ2) is 11.7. The highest BCUT2D eigenvalue weighted by Gasteiger charge is 2.19. The van der Waals surface area contributed by atoms with Crippen molar-refractivity contribution in [2.24, 2.45) is 5.73 Å². The number of amides is 2. The second-order valence-corrected chi connectivity index (χ2v) is 8.08. The number of anilines is 2. The van der Waals surface area contributed by atoms with E-state index in [-0.39, 0.29) is 35.4 Å². The number of nitrogens with one attached hydrogen (secondary N) is 2. The maximum Gasteiger partial charge on any atom is 0.256 e. The number of carbonyl (C=O) groups is 3. The van der Waals surface area contributed by atoms with Crippen LogP contribution in [0.15, 0.2) is 91.0 Å². The largest absolute Gasteiger partial charge is 0.325 e. The number of ketones is 1. The van der Waals surface area contributed by atoms with Crippen LogP contribution in [0.25, 0.3) is 10.8 Å². The van der Waals surface area contributed by atoms with E-state index in [1.807, 2.05) is 42.5 Å². The number of carbonyl (C=O) groups excluding carboxylic acids is 3. The maximum atomic E-state index is 13.3. The number of fused-ring (bicyclic) bond motifs is 1. The summed E-state index contributed by atoms with van der Waals surface area (Å²) in [6.07, 6.45) is 0. The number of halogens is 1. The van der Waals surface area contributed by atoms with Crippen molar-refractivity contribution in [2.75, 3.05) is 16.4 Å². The third kappa shape index (κ3) is 5.89. The summed E-state index contributed by atoms with van der Waals surface area (Å²) in [4.78, 5) is 38.8. The summed E-state index contributed by atoms with van der Waals surface area (Å²) < 4.78 is 0. The predicted octanol–water partition coefficient (Wildman–Crippen LogP) is 4.94. The number of hydrogen-bond acceptors (Lipinski definition) is 5. The predicted molar refractivity (Wildman–Crippen MR) is 146 cm³/mol. The van der Waals surface area contributed by atoms with E-state index in [1.54, 1.807) is 42.5 Å². The fourth-order valence-corrected chi connectivity index (χ4v) is 3.76. The van der Waals surface area contributed by atoms with Crippen LogP contribution in [0.3, 0.4) is 0 Å². The standard InChI is InChI=1S/C27H23N3O3S.ClH/c28-23(16-34)27(33)29-19-13-14-24(22(15-19)25(31)18-8-2-1-3-9-18)30-26(32)21-12-6-10-17-7-4-5-11-20(17)21;/h1-15,23,34H,16,28H2,(H,29,33)(H,30,32);1H/t23-;/m0./s1. The smallest absolute Gasteiger partial charge is 0.256 e. The first-order chi connectivity index (χ1) is 16.5. The Kier molecular flexibility index (Phi) is 8.65. The van der Waals surface area contributed by atoms with Crippen molar-refractivity contribution < 1.29 is 14.4 Å². The SMILES string of the molecule is Cl.N[C@@H](CS)C(=O)Nc1ccc(NC(=O)c2cccc3ccccc23)c(C(=O)c2ccccc2)c1. The first-order valence-electron chi connectivity index (χ1n) is 10.7. The zero-order valence-electron chi connectivity index (χ0n) is 18.6. The summed E-state index contributed by atoms with van der Waals surface area (Å²) in [5, 5.41) is 7.32. The monoisotopic (exact) mass is 505 g/mol. The average molecular weight is 506 g/mol. The van der Waals surface area contributed by atoms with Crippen LogP contribution in [0, 0.1) is 0 Å². The van der Waals surface area contributed by atoms with Crippen LogP contribution in [-0.4, -0.2) is 29.4 Å². The molecule has 6 nitrogen and oxygen atoms in total. The van der Waals surface area contributed by atoms with Crippen molar-refractivity contribution in [3.8, 4) is 0 Å². The highest BCUT2D eigenvalue weighted by molar-refractivity contribution is 7.80. The van der Waals surface area contributed by atoms with Gasteiger partial charge in [0.15, 0.2) is 5.78 Å². The van der Waals surface area contributed by atoms with Crippen molar-refractivity contribution >= 4 is 64.8 Å². The molecule has 35 heavy (non-hydrogen) atoms. The van der Waals surface area contributed by atoms with E-state index in [9.17, 15) is 14.4 Å². The molecule has 0 saturated heterocycles. The van der Waals surface area contributed by atoms with Crippen LogP contribution in [0.1, 0.15) is 26.3 Å². The average Bonchev–Trinajstić information content (AvgIpc) is 2.88. The summed E-state index contributed by atoms with van der Waals surface area (Å²) in [5.41, 5.74) is 7.67. The van der Waals surface area contributed by atoms with E-state index < -0.39 is 11.9 Å². The Balaban J connectivity index is 0.00000342. The molecule has 0 unspecified atom stereocenters. The fraction of sp³-hybridized carbons (Fsp3) is 0.0741. The number of nitrogens with two attached hydrogens (primary N) is 1. The number of rotatable bonds is 7. The molecule has 0 spiro atoms. The molecule has 178 valence electrons. The molecular formula is C27H24ClN3O3S. The molecule has 8 heteroatoms. The molecule has 0 aliphatic heterocycles. The Bertz CT molecular complexity index is 1370. The molecule has 4 rings (SSSR count). The first kappa shape index (κ1) is 26.0. The van der Waals surface area contributed by atoms with Gasteiger partial charge < -0.3 is 16.4 Å². The van der Waals surface area contributed by atoms with Crippen LogP contribution in [0.5, 0.6) is 0 Å². The Morgan fingerprint density at radius 3 is 2.23 bits per heavy atom. The molecule has 0 saturated carbocycles. The minimum absolute atomic E-state index is 0. The Labute approximate surface area is 214 Å². The molecule has 0 aliphatic rings. The third-order valence-corrected chi connectivity index (χ3v) is 5.78. The van der Waals surface area contributed by atoms with Gasteiger partial charge in [0.25, 0.3) is 5.91 Å². The van der Waals surface area contributed by atoms with Gasteiger partial charge in [-0.3, -0.25) is 14.4 Å². The van der Waals surface area contributed by atoms with Gasteiger partial charge in [0.2, 0.25) is 5.91 Å². The van der Waals surface area contributed by atoms with Crippen LogP contribution in [-0.2, 0) is 4.79 Å². The van der Waals surface area contributed by atoms with Crippen molar-refractivity contribution in [3.63, 3.8) is 0 Å². The summed E-state index contributed by atoms with van der Waals surface area (Å²) in [6.45, 7) is 0. The Morgan fingerprint density at radius 1 is 0.800 bits per heavy atom. The van der Waals surface area contributed by atoms with Gasteiger partial charge in [-0.1, -0.05) is 66.7 Å². The molecule has 2 amide bonds. The molecule has 0 heterocycles. The minimum Gasteiger partial charge on any atom is -0.325 e. The number of benzene rings is 4. The topological polar surface area (TPSA) is 101 Å². The van der Waals surface area contributed by atoms with E-state index >= 15 is 0 Å². The number of hydrogen-bond donors (Lipinski definition) is 4. The van der Waals surface area contributed by atoms with Gasteiger partial charge in [0.05, 0.1) is 11.7 Å². The molecule has 4 aromatic rings. The van der Waals surface area contributed by atoms with Crippen molar-refractivity contribution in [1.29, 1.82) is 0 Å². The second-order valence-electron chi connectivity index (χ2n) is 7.71. The lowest BCUT2D eigenvalue weighted by molar-refractivity contribution is -0.116. The Hall–Kier alpha value is -3.65. The lowest BCUT2D eigenvalue weighted by Gasteiger charge is -2.15. The summed E-state index contributed by atoms with van der Waals surface area (Å²) >= 11 is 4.05. The van der Waals surface area contributed by atoms with Crippen LogP contribution in [0.2, 0.25) is 0 Å². The maximum absolute atomic E-state index is 13.3. The quantitative estimate of drug-likeness (QED) is 0.211. The summed E-state index contributed by atoms with van der Waals surface area (Å²) in [7, 11) is 0. The molecule has 0 fully saturated rings. The lowest BCUT2D eigenvalue weighted by Crippen LogP contribution is -2.37. The molecule has 4 N–H and O–H groups in total. The van der Waals surface area contributed by atoms with Crippen LogP contribution >= 0.6 is 25.0 Å². The zero-order chi connectivity index (χ0) is 24.1. The Morgan fingerprint density at radius 2 is 1.49 bits per heavy atom. The minimum atomic E-state index is -0.789. The van der Waals surface area contributed by atoms with Gasteiger partial charge in [-0.05, 0) is 35.0 Å². The highest BCUT2D eigenvalue weighted by Crippen LogP contribution is 2.26. The first-order valence-corrected chi connectivity index (χ1v) is 11.3. The van der Waals surface area contributed by atoms with Gasteiger partial charge in [-0.25, -0.2) is 0 Å². The van der Waals surface area contributed by atoms with Gasteiger partial charge >= 0.3 is 0 Å². The molecule has 0 aromatic heterocycles. The van der Waals surface area contributed by atoms with Crippen LogP contribution in [0.4, 0.5) is 11.4 Å². The fourth-order valence-electron chi connectivity index (χ4n) is 3.59. The molecule has 4 aromatic carbocycles. The highest BCUT2D eigenvalue weighted by atomic mass is 35.5. The van der Waals surface area contributed by atoms with Gasteiger partial charge in [-0.2, -0.15) is 12.6 Å². The van der Waals surface area contributed by atoms with Crippen molar-refractivity contribution in [2.45, 2.75) is 6.04 Å². The molecule has 0 bridgehead atoms. The molecule has 0 radical (unpaired) electrons. The van der Waals surface area contributed by atoms with E-state index in [2.05, 4.69) is 23.3 Å². The lowest BCUT2D eigenvalue weighted by atomic mass is 10.00.